The zero-order valence-corrected chi connectivity index (χ0v) is 18.6. The average Bonchev–Trinajstić information content (AvgIpc) is 2.78. The second-order valence-corrected chi connectivity index (χ2v) is 8.50. The van der Waals surface area contributed by atoms with E-state index in [0.29, 0.717) is 23.8 Å². The van der Waals surface area contributed by atoms with Gasteiger partial charge in [0.05, 0.1) is 11.5 Å². The van der Waals surface area contributed by atoms with Gasteiger partial charge in [-0.1, -0.05) is 68.4 Å². The molecule has 2 N–H and O–H groups in total. The van der Waals surface area contributed by atoms with Gasteiger partial charge in [-0.15, -0.1) is 0 Å². The van der Waals surface area contributed by atoms with Gasteiger partial charge < -0.3 is 15.0 Å². The van der Waals surface area contributed by atoms with Crippen molar-refractivity contribution < 1.29 is 4.74 Å². The van der Waals surface area contributed by atoms with E-state index in [2.05, 4.69) is 32.0 Å². The Morgan fingerprint density at radius 2 is 1.81 bits per heavy atom. The number of benzene rings is 2. The molecule has 1 aromatic heterocycles. The van der Waals surface area contributed by atoms with Gasteiger partial charge in [-0.3, -0.25) is 4.79 Å². The first-order chi connectivity index (χ1) is 15.4. The van der Waals surface area contributed by atoms with Gasteiger partial charge in [0, 0.05) is 18.3 Å². The summed E-state index contributed by atoms with van der Waals surface area (Å²) in [5, 5.41) is 9.85. The van der Waals surface area contributed by atoms with Gasteiger partial charge in [0.25, 0.3) is 5.56 Å². The predicted octanol–water partition coefficient (Wildman–Crippen LogP) is 4.74. The fraction of sp³-hybridized carbons (Fsp3) is 0.259. The highest BCUT2D eigenvalue weighted by atomic mass is 16.5. The lowest BCUT2D eigenvalue weighted by molar-refractivity contribution is 0.388. The highest BCUT2D eigenvalue weighted by Gasteiger charge is 2.34. The highest BCUT2D eigenvalue weighted by Crippen LogP contribution is 2.40. The van der Waals surface area contributed by atoms with Crippen LogP contribution in [-0.2, 0) is 13.0 Å². The quantitative estimate of drug-likeness (QED) is 0.640. The topological polar surface area (TPSA) is 81.0 Å². The fourth-order valence-electron chi connectivity index (χ4n) is 4.26. The Bertz CT molecular complexity index is 1260. The first-order valence-corrected chi connectivity index (χ1v) is 10.9. The number of allylic oxidation sites excluding steroid dienone is 1. The molecule has 2 heterocycles. The predicted molar refractivity (Wildman–Crippen MR) is 125 cm³/mol. The Morgan fingerprint density at radius 1 is 1.12 bits per heavy atom. The van der Waals surface area contributed by atoms with Gasteiger partial charge in [0.15, 0.2) is 0 Å². The van der Waals surface area contributed by atoms with E-state index in [9.17, 15) is 10.1 Å². The normalized spacial score (nSPS) is 15.3. The number of hydrogen-bond acceptors (Lipinski definition) is 4. The molecule has 1 aliphatic rings. The third-order valence-corrected chi connectivity index (χ3v) is 6.09. The SMILES string of the molecule is Cc1cc2c(c(=O)n1CCc1ccccc1)C(c1ccc(C(C)C)cc1)C(C#N)=C(N)O2. The summed E-state index contributed by atoms with van der Waals surface area (Å²) >= 11 is 0. The minimum absolute atomic E-state index is 0.0544. The first kappa shape index (κ1) is 21.5. The molecule has 3 aromatic rings. The minimum atomic E-state index is -0.555. The van der Waals surface area contributed by atoms with Crippen LogP contribution in [0.2, 0.25) is 0 Å². The summed E-state index contributed by atoms with van der Waals surface area (Å²) in [5.41, 5.74) is 10.7. The van der Waals surface area contributed by atoms with E-state index in [1.54, 1.807) is 4.57 Å². The number of aromatic nitrogens is 1. The zero-order chi connectivity index (χ0) is 22.8. The Labute approximate surface area is 188 Å². The maximum absolute atomic E-state index is 13.7. The molecule has 0 fully saturated rings. The molecule has 4 rings (SSSR count). The van der Waals surface area contributed by atoms with Crippen molar-refractivity contribution in [2.45, 2.75) is 45.6 Å². The summed E-state index contributed by atoms with van der Waals surface area (Å²) in [4.78, 5) is 13.7. The van der Waals surface area contributed by atoms with Crippen molar-refractivity contribution in [3.05, 3.63) is 110 Å². The van der Waals surface area contributed by atoms with Crippen LogP contribution in [0.25, 0.3) is 0 Å². The van der Waals surface area contributed by atoms with E-state index in [1.807, 2.05) is 55.5 Å². The third-order valence-electron chi connectivity index (χ3n) is 6.09. The standard InChI is InChI=1S/C27H27N3O2/c1-17(2)20-9-11-21(12-10-20)24-22(16-28)26(29)32-23-15-18(3)30(27(31)25(23)24)14-13-19-7-5-4-6-8-19/h4-12,15,17,24H,13-14,29H2,1-3H3. The van der Waals surface area contributed by atoms with Crippen LogP contribution in [0.4, 0.5) is 0 Å². The van der Waals surface area contributed by atoms with Gasteiger partial charge in [-0.2, -0.15) is 5.26 Å². The molecule has 0 amide bonds. The number of nitrogens with zero attached hydrogens (tertiary/aromatic N) is 2. The first-order valence-electron chi connectivity index (χ1n) is 10.9. The van der Waals surface area contributed by atoms with Gasteiger partial charge in [-0.25, -0.2) is 0 Å². The monoisotopic (exact) mass is 425 g/mol. The molecule has 0 spiro atoms. The van der Waals surface area contributed by atoms with E-state index >= 15 is 0 Å². The number of hydrogen-bond donors (Lipinski definition) is 1. The summed E-state index contributed by atoms with van der Waals surface area (Å²) < 4.78 is 7.52. The Kier molecular flexibility index (Phi) is 5.87. The number of ether oxygens (including phenoxy) is 1. The summed E-state index contributed by atoms with van der Waals surface area (Å²) in [7, 11) is 0. The second-order valence-electron chi connectivity index (χ2n) is 8.50. The van der Waals surface area contributed by atoms with Crippen LogP contribution in [0.5, 0.6) is 5.75 Å². The van der Waals surface area contributed by atoms with E-state index in [0.717, 1.165) is 23.2 Å². The maximum atomic E-state index is 13.7. The molecule has 32 heavy (non-hydrogen) atoms. The molecule has 2 aromatic carbocycles. The van der Waals surface area contributed by atoms with Crippen molar-refractivity contribution in [1.29, 1.82) is 5.26 Å². The molecule has 162 valence electrons. The lowest BCUT2D eigenvalue weighted by Gasteiger charge is -2.27. The van der Waals surface area contributed by atoms with Crippen molar-refractivity contribution in [3.8, 4) is 11.8 Å². The molecule has 0 saturated heterocycles. The van der Waals surface area contributed by atoms with Crippen LogP contribution in [0.1, 0.15) is 53.6 Å². The van der Waals surface area contributed by atoms with Crippen molar-refractivity contribution >= 4 is 0 Å². The van der Waals surface area contributed by atoms with Gasteiger partial charge in [-0.05, 0) is 36.0 Å². The van der Waals surface area contributed by atoms with Crippen LogP contribution >= 0.6 is 0 Å². The number of nitriles is 1. The number of pyridine rings is 1. The lowest BCUT2D eigenvalue weighted by Crippen LogP contribution is -2.33. The fourth-order valence-corrected chi connectivity index (χ4v) is 4.26. The van der Waals surface area contributed by atoms with Crippen LogP contribution in [0.15, 0.2) is 76.9 Å². The summed E-state index contributed by atoms with van der Waals surface area (Å²) in [6.07, 6.45) is 0.734. The zero-order valence-electron chi connectivity index (χ0n) is 18.6. The van der Waals surface area contributed by atoms with Crippen molar-refractivity contribution in [2.24, 2.45) is 5.73 Å². The van der Waals surface area contributed by atoms with Gasteiger partial charge in [0.1, 0.15) is 17.4 Å². The van der Waals surface area contributed by atoms with Gasteiger partial charge >= 0.3 is 0 Å². The molecule has 1 atom stereocenters. The minimum Gasteiger partial charge on any atom is -0.440 e. The van der Waals surface area contributed by atoms with E-state index in [4.69, 9.17) is 10.5 Å². The molecule has 5 nitrogen and oxygen atoms in total. The molecule has 5 heteroatoms. The van der Waals surface area contributed by atoms with Gasteiger partial charge in [0.2, 0.25) is 5.88 Å². The number of fused-ring (bicyclic) bond motifs is 1. The van der Waals surface area contributed by atoms with Crippen molar-refractivity contribution in [3.63, 3.8) is 0 Å². The summed E-state index contributed by atoms with van der Waals surface area (Å²) in [6.45, 7) is 6.70. The van der Waals surface area contributed by atoms with Crippen LogP contribution in [-0.4, -0.2) is 4.57 Å². The lowest BCUT2D eigenvalue weighted by atomic mass is 9.83. The van der Waals surface area contributed by atoms with Crippen molar-refractivity contribution in [1.82, 2.24) is 4.57 Å². The summed E-state index contributed by atoms with van der Waals surface area (Å²) in [5.74, 6) is 0.317. The van der Waals surface area contributed by atoms with E-state index < -0.39 is 5.92 Å². The second kappa shape index (κ2) is 8.76. The average molecular weight is 426 g/mol. The molecule has 1 unspecified atom stereocenters. The Balaban J connectivity index is 1.81. The van der Waals surface area contributed by atoms with E-state index in [-0.39, 0.29) is 17.0 Å². The molecule has 0 bridgehead atoms. The Morgan fingerprint density at radius 3 is 2.44 bits per heavy atom. The largest absolute Gasteiger partial charge is 0.440 e. The number of aryl methyl sites for hydroxylation is 2. The number of rotatable bonds is 5. The molecule has 0 radical (unpaired) electrons. The number of nitrogens with two attached hydrogens (primary N) is 1. The van der Waals surface area contributed by atoms with E-state index in [1.165, 1.54) is 5.56 Å². The molecule has 1 aliphatic heterocycles. The molecular weight excluding hydrogens is 398 g/mol. The van der Waals surface area contributed by atoms with Crippen LogP contribution in [0, 0.1) is 18.3 Å². The highest BCUT2D eigenvalue weighted by molar-refractivity contribution is 5.55. The van der Waals surface area contributed by atoms with Crippen molar-refractivity contribution in [2.75, 3.05) is 0 Å². The smallest absolute Gasteiger partial charge is 0.258 e. The molecular formula is C27H27N3O2. The Hall–Kier alpha value is -3.78. The van der Waals surface area contributed by atoms with Crippen LogP contribution < -0.4 is 16.0 Å². The molecule has 0 saturated carbocycles. The third kappa shape index (κ3) is 3.92. The van der Waals surface area contributed by atoms with Crippen LogP contribution in [0.3, 0.4) is 0 Å². The maximum Gasteiger partial charge on any atom is 0.258 e. The summed E-state index contributed by atoms with van der Waals surface area (Å²) in [6, 6.07) is 22.2. The molecule has 0 aliphatic carbocycles.